The summed E-state index contributed by atoms with van der Waals surface area (Å²) in [6.45, 7) is 8.51. The molecule has 102 valence electrons. The molecule has 0 aliphatic carbocycles. The Bertz CT molecular complexity index is 208. The van der Waals surface area contributed by atoms with Crippen LogP contribution in [0.5, 0.6) is 0 Å². The standard InChI is InChI=1S/C13H28N2O2/c1-3-13(16,11-14)6-4-7-15-8-5-9-17-12(2)10-15/h12,16H,3-11,14H2,1-2H3. The van der Waals surface area contributed by atoms with Gasteiger partial charge >= 0.3 is 0 Å². The maximum absolute atomic E-state index is 10.1. The van der Waals surface area contributed by atoms with E-state index < -0.39 is 5.60 Å². The van der Waals surface area contributed by atoms with Gasteiger partial charge in [-0.3, -0.25) is 0 Å². The lowest BCUT2D eigenvalue weighted by atomic mass is 9.95. The van der Waals surface area contributed by atoms with Gasteiger partial charge in [-0.2, -0.15) is 0 Å². The molecule has 0 radical (unpaired) electrons. The van der Waals surface area contributed by atoms with Crippen LogP contribution in [0.25, 0.3) is 0 Å². The van der Waals surface area contributed by atoms with E-state index in [1.807, 2.05) is 6.92 Å². The molecule has 17 heavy (non-hydrogen) atoms. The van der Waals surface area contributed by atoms with E-state index in [0.717, 1.165) is 51.9 Å². The van der Waals surface area contributed by atoms with Gasteiger partial charge in [-0.05, 0) is 39.2 Å². The van der Waals surface area contributed by atoms with Gasteiger partial charge in [-0.1, -0.05) is 6.92 Å². The summed E-state index contributed by atoms with van der Waals surface area (Å²) in [6, 6.07) is 0. The summed E-state index contributed by atoms with van der Waals surface area (Å²) >= 11 is 0. The average molecular weight is 244 g/mol. The lowest BCUT2D eigenvalue weighted by Crippen LogP contribution is -2.38. The second-order valence-corrected chi connectivity index (χ2v) is 5.22. The number of hydrogen-bond donors (Lipinski definition) is 2. The fraction of sp³-hybridized carbons (Fsp3) is 1.00. The molecule has 2 atom stereocenters. The summed E-state index contributed by atoms with van der Waals surface area (Å²) in [6.07, 6.45) is 3.99. The van der Waals surface area contributed by atoms with Crippen molar-refractivity contribution >= 4 is 0 Å². The molecule has 4 nitrogen and oxygen atoms in total. The topological polar surface area (TPSA) is 58.7 Å². The zero-order valence-electron chi connectivity index (χ0n) is 11.3. The number of aliphatic hydroxyl groups is 1. The Morgan fingerprint density at radius 3 is 2.94 bits per heavy atom. The highest BCUT2D eigenvalue weighted by atomic mass is 16.5. The smallest absolute Gasteiger partial charge is 0.0767 e. The summed E-state index contributed by atoms with van der Waals surface area (Å²) in [5.41, 5.74) is 4.94. The lowest BCUT2D eigenvalue weighted by molar-refractivity contribution is 0.0300. The first-order valence-corrected chi connectivity index (χ1v) is 6.86. The van der Waals surface area contributed by atoms with E-state index >= 15 is 0 Å². The minimum Gasteiger partial charge on any atom is -0.389 e. The van der Waals surface area contributed by atoms with E-state index in [2.05, 4.69) is 11.8 Å². The van der Waals surface area contributed by atoms with Crippen molar-refractivity contribution in [3.8, 4) is 0 Å². The van der Waals surface area contributed by atoms with Crippen molar-refractivity contribution in [1.29, 1.82) is 0 Å². The van der Waals surface area contributed by atoms with Gasteiger partial charge in [0, 0.05) is 26.2 Å². The van der Waals surface area contributed by atoms with Gasteiger partial charge in [0.2, 0.25) is 0 Å². The molecule has 0 aromatic heterocycles. The van der Waals surface area contributed by atoms with E-state index in [4.69, 9.17) is 10.5 Å². The Morgan fingerprint density at radius 1 is 1.53 bits per heavy atom. The molecule has 3 N–H and O–H groups in total. The molecule has 4 heteroatoms. The van der Waals surface area contributed by atoms with Crippen LogP contribution in [-0.4, -0.2) is 54.5 Å². The number of rotatable bonds is 6. The van der Waals surface area contributed by atoms with Crippen LogP contribution in [0.15, 0.2) is 0 Å². The molecule has 1 aliphatic rings. The van der Waals surface area contributed by atoms with Crippen molar-refractivity contribution in [3.63, 3.8) is 0 Å². The molecule has 1 rings (SSSR count). The molecule has 0 aromatic rings. The summed E-state index contributed by atoms with van der Waals surface area (Å²) in [5, 5.41) is 10.1. The van der Waals surface area contributed by atoms with E-state index in [9.17, 15) is 5.11 Å². The van der Waals surface area contributed by atoms with Crippen LogP contribution < -0.4 is 5.73 Å². The monoisotopic (exact) mass is 244 g/mol. The number of nitrogens with zero attached hydrogens (tertiary/aromatic N) is 1. The van der Waals surface area contributed by atoms with Gasteiger partial charge < -0.3 is 20.5 Å². The van der Waals surface area contributed by atoms with E-state index in [-0.39, 0.29) is 0 Å². The zero-order valence-corrected chi connectivity index (χ0v) is 11.3. The van der Waals surface area contributed by atoms with Crippen LogP contribution in [0.2, 0.25) is 0 Å². The quantitative estimate of drug-likeness (QED) is 0.731. The molecule has 1 fully saturated rings. The fourth-order valence-electron chi connectivity index (χ4n) is 2.34. The van der Waals surface area contributed by atoms with Gasteiger partial charge in [0.15, 0.2) is 0 Å². The van der Waals surface area contributed by atoms with Crippen molar-refractivity contribution in [3.05, 3.63) is 0 Å². The molecule has 1 aliphatic heterocycles. The van der Waals surface area contributed by atoms with E-state index in [0.29, 0.717) is 12.6 Å². The summed E-state index contributed by atoms with van der Waals surface area (Å²) in [7, 11) is 0. The zero-order chi connectivity index (χ0) is 12.7. The molecule has 0 bridgehead atoms. The Kier molecular flexibility index (Phi) is 6.41. The third-order valence-electron chi connectivity index (χ3n) is 3.69. The normalized spacial score (nSPS) is 26.5. The largest absolute Gasteiger partial charge is 0.389 e. The van der Waals surface area contributed by atoms with Crippen molar-refractivity contribution in [2.45, 2.75) is 51.2 Å². The highest BCUT2D eigenvalue weighted by molar-refractivity contribution is 4.78. The minimum absolute atomic E-state index is 0.331. The van der Waals surface area contributed by atoms with Gasteiger partial charge in [0.05, 0.1) is 11.7 Å². The van der Waals surface area contributed by atoms with Gasteiger partial charge in [0.1, 0.15) is 0 Å². The predicted octanol–water partition coefficient (Wildman–Crippen LogP) is 0.977. The third kappa shape index (κ3) is 5.34. The Balaban J connectivity index is 2.25. The second kappa shape index (κ2) is 7.31. The van der Waals surface area contributed by atoms with Crippen molar-refractivity contribution in [2.24, 2.45) is 5.73 Å². The molecule has 1 heterocycles. The van der Waals surface area contributed by atoms with Gasteiger partial charge in [-0.15, -0.1) is 0 Å². The molecule has 0 amide bonds. The minimum atomic E-state index is -0.659. The molecule has 1 saturated heterocycles. The lowest BCUT2D eigenvalue weighted by Gasteiger charge is -2.27. The fourth-order valence-corrected chi connectivity index (χ4v) is 2.34. The Labute approximate surface area is 105 Å². The van der Waals surface area contributed by atoms with Gasteiger partial charge in [-0.25, -0.2) is 0 Å². The molecule has 0 spiro atoms. The van der Waals surface area contributed by atoms with E-state index in [1.165, 1.54) is 0 Å². The van der Waals surface area contributed by atoms with Crippen molar-refractivity contribution in [2.75, 3.05) is 32.8 Å². The van der Waals surface area contributed by atoms with Crippen LogP contribution in [-0.2, 0) is 4.74 Å². The highest BCUT2D eigenvalue weighted by Gasteiger charge is 2.22. The maximum atomic E-state index is 10.1. The van der Waals surface area contributed by atoms with Crippen LogP contribution in [0.1, 0.15) is 39.5 Å². The molecular formula is C13H28N2O2. The maximum Gasteiger partial charge on any atom is 0.0767 e. The first-order chi connectivity index (χ1) is 8.09. The van der Waals surface area contributed by atoms with E-state index in [1.54, 1.807) is 0 Å². The van der Waals surface area contributed by atoms with Crippen LogP contribution >= 0.6 is 0 Å². The summed E-state index contributed by atoms with van der Waals surface area (Å²) in [4.78, 5) is 2.43. The SMILES string of the molecule is CCC(O)(CN)CCCN1CCCOC(C)C1. The Hall–Kier alpha value is -0.160. The van der Waals surface area contributed by atoms with Crippen LogP contribution in [0.3, 0.4) is 0 Å². The first kappa shape index (κ1) is 14.9. The molecule has 2 unspecified atom stereocenters. The first-order valence-electron chi connectivity index (χ1n) is 6.86. The predicted molar refractivity (Wildman–Crippen MR) is 70.0 cm³/mol. The highest BCUT2D eigenvalue weighted by Crippen LogP contribution is 2.16. The molecule has 0 aromatic carbocycles. The number of ether oxygens (including phenoxy) is 1. The summed E-state index contributed by atoms with van der Waals surface area (Å²) in [5.74, 6) is 0. The van der Waals surface area contributed by atoms with Crippen molar-refractivity contribution < 1.29 is 9.84 Å². The average Bonchev–Trinajstić information content (AvgIpc) is 2.53. The number of hydrogen-bond acceptors (Lipinski definition) is 4. The molecule has 0 saturated carbocycles. The second-order valence-electron chi connectivity index (χ2n) is 5.22. The Morgan fingerprint density at radius 2 is 2.29 bits per heavy atom. The van der Waals surface area contributed by atoms with Crippen LogP contribution in [0.4, 0.5) is 0 Å². The van der Waals surface area contributed by atoms with Crippen LogP contribution in [0, 0.1) is 0 Å². The summed E-state index contributed by atoms with van der Waals surface area (Å²) < 4.78 is 5.61. The number of nitrogens with two attached hydrogens (primary N) is 1. The van der Waals surface area contributed by atoms with Gasteiger partial charge in [0.25, 0.3) is 0 Å². The van der Waals surface area contributed by atoms with Crippen molar-refractivity contribution in [1.82, 2.24) is 4.90 Å². The molecular weight excluding hydrogens is 216 g/mol. The third-order valence-corrected chi connectivity index (χ3v) is 3.69.